The second-order valence-corrected chi connectivity index (χ2v) is 7.38. The van der Waals surface area contributed by atoms with Crippen LogP contribution in [-0.2, 0) is 0 Å². The number of hydrogen-bond acceptors (Lipinski definition) is 4. The number of nitrogens with one attached hydrogen (secondary N) is 2. The van der Waals surface area contributed by atoms with Crippen LogP contribution in [0.3, 0.4) is 0 Å². The molecule has 0 unspecified atom stereocenters. The minimum atomic E-state index is -0.582. The Balaban J connectivity index is 1.74. The van der Waals surface area contributed by atoms with Crippen molar-refractivity contribution in [3.63, 3.8) is 0 Å². The van der Waals surface area contributed by atoms with Crippen molar-refractivity contribution in [2.24, 2.45) is 0 Å². The van der Waals surface area contributed by atoms with Crippen molar-refractivity contribution < 1.29 is 9.18 Å². The molecule has 1 aliphatic rings. The highest BCUT2D eigenvalue weighted by molar-refractivity contribution is 5.96. The highest BCUT2D eigenvalue weighted by Gasteiger charge is 2.31. The third-order valence-corrected chi connectivity index (χ3v) is 5.21. The second-order valence-electron chi connectivity index (χ2n) is 7.38. The van der Waals surface area contributed by atoms with Crippen molar-refractivity contribution in [2.45, 2.75) is 25.8 Å². The fraction of sp³-hybridized carbons (Fsp3) is 0.182. The van der Waals surface area contributed by atoms with Crippen LogP contribution in [0.4, 0.5) is 4.39 Å². The van der Waals surface area contributed by atoms with Crippen molar-refractivity contribution in [3.8, 4) is 34.2 Å². The lowest BCUT2D eigenvalue weighted by molar-refractivity contribution is 0.101. The quantitative estimate of drug-likeness (QED) is 0.493. The average Bonchev–Trinajstić information content (AvgIpc) is 3.36. The first kappa shape index (κ1) is 18.2. The molecule has 0 aliphatic heterocycles. The summed E-state index contributed by atoms with van der Waals surface area (Å²) in [7, 11) is 0. The molecule has 0 atom stereocenters. The lowest BCUT2D eigenvalue weighted by Gasteiger charge is -2.06. The van der Waals surface area contributed by atoms with Crippen molar-refractivity contribution >= 4 is 5.78 Å². The van der Waals surface area contributed by atoms with Gasteiger partial charge in [0.05, 0.1) is 5.56 Å². The van der Waals surface area contributed by atoms with E-state index in [2.05, 4.69) is 15.2 Å². The Morgan fingerprint density at radius 1 is 1.13 bits per heavy atom. The Hall–Kier alpha value is -3.81. The largest absolute Gasteiger partial charge is 0.343 e. The van der Waals surface area contributed by atoms with Gasteiger partial charge in [0.1, 0.15) is 23.0 Å². The van der Waals surface area contributed by atoms with Gasteiger partial charge in [-0.2, -0.15) is 5.10 Å². The molecule has 2 N–H and O–H groups in total. The molecule has 7 nitrogen and oxygen atoms in total. The SMILES string of the molecule is CC(=O)c1cc(-c2nc(-c3ccccc3)[nH]c2-c2n[nH]c(=O)n2C2CC2)ccc1F. The molecule has 0 saturated heterocycles. The molecule has 2 heterocycles. The van der Waals surface area contributed by atoms with Gasteiger partial charge in [-0.15, -0.1) is 0 Å². The van der Waals surface area contributed by atoms with Crippen LogP contribution in [0.2, 0.25) is 0 Å². The number of carbonyl (C=O) groups is 1. The predicted molar refractivity (Wildman–Crippen MR) is 110 cm³/mol. The number of ketones is 1. The molecule has 0 bridgehead atoms. The van der Waals surface area contributed by atoms with E-state index in [1.54, 1.807) is 10.6 Å². The molecule has 0 amide bonds. The monoisotopic (exact) mass is 403 g/mol. The maximum atomic E-state index is 14.1. The molecular formula is C22H18FN5O2. The lowest BCUT2D eigenvalue weighted by atomic mass is 10.0. The summed E-state index contributed by atoms with van der Waals surface area (Å²) < 4.78 is 15.7. The Kier molecular flexibility index (Phi) is 4.20. The van der Waals surface area contributed by atoms with Gasteiger partial charge in [-0.3, -0.25) is 9.36 Å². The number of halogens is 1. The predicted octanol–water partition coefficient (Wildman–Crippen LogP) is 3.97. The van der Waals surface area contributed by atoms with Gasteiger partial charge in [-0.25, -0.2) is 19.3 Å². The highest BCUT2D eigenvalue weighted by Crippen LogP contribution is 2.39. The van der Waals surface area contributed by atoms with Crippen molar-refractivity contribution in [1.82, 2.24) is 24.7 Å². The lowest BCUT2D eigenvalue weighted by Crippen LogP contribution is -2.16. The maximum absolute atomic E-state index is 14.1. The number of Topliss-reactive ketones (excluding diaryl/α,β-unsaturated/α-hetero) is 1. The van der Waals surface area contributed by atoms with E-state index in [0.29, 0.717) is 28.6 Å². The van der Waals surface area contributed by atoms with Crippen LogP contribution < -0.4 is 5.69 Å². The van der Waals surface area contributed by atoms with Crippen LogP contribution >= 0.6 is 0 Å². The number of hydrogen-bond donors (Lipinski definition) is 2. The second kappa shape index (κ2) is 6.91. The highest BCUT2D eigenvalue weighted by atomic mass is 19.1. The fourth-order valence-electron chi connectivity index (χ4n) is 3.57. The number of H-pyrrole nitrogens is 2. The zero-order valence-corrected chi connectivity index (χ0v) is 16.1. The number of nitrogens with zero attached hydrogens (tertiary/aromatic N) is 3. The Morgan fingerprint density at radius 2 is 1.90 bits per heavy atom. The summed E-state index contributed by atoms with van der Waals surface area (Å²) in [6.07, 6.45) is 1.82. The molecule has 30 heavy (non-hydrogen) atoms. The third kappa shape index (κ3) is 3.06. The molecule has 1 saturated carbocycles. The van der Waals surface area contributed by atoms with E-state index in [1.165, 1.54) is 19.1 Å². The summed E-state index contributed by atoms with van der Waals surface area (Å²) >= 11 is 0. The standard InChI is InChI=1S/C22H18FN5O2/c1-12(29)16-11-14(7-10-17(16)23)18-19(21-26-27-22(30)28(21)15-8-9-15)25-20(24-18)13-5-3-2-4-6-13/h2-7,10-11,15H,8-9H2,1H3,(H,24,25)(H,27,30). The van der Waals surface area contributed by atoms with E-state index in [-0.39, 0.29) is 23.1 Å². The first-order chi connectivity index (χ1) is 14.5. The van der Waals surface area contributed by atoms with Crippen molar-refractivity contribution in [2.75, 3.05) is 0 Å². The Morgan fingerprint density at radius 3 is 2.60 bits per heavy atom. The summed E-state index contributed by atoms with van der Waals surface area (Å²) in [5.41, 5.74) is 2.17. The molecule has 1 aliphatic carbocycles. The molecule has 2 aromatic carbocycles. The van der Waals surface area contributed by atoms with Gasteiger partial charge in [0.2, 0.25) is 0 Å². The van der Waals surface area contributed by atoms with Gasteiger partial charge in [0.15, 0.2) is 11.6 Å². The molecule has 8 heteroatoms. The number of benzene rings is 2. The van der Waals surface area contributed by atoms with E-state index in [1.807, 2.05) is 30.3 Å². The maximum Gasteiger partial charge on any atom is 0.343 e. The molecule has 1 fully saturated rings. The number of imidazole rings is 1. The van der Waals surface area contributed by atoms with Gasteiger partial charge in [-0.05, 0) is 38.0 Å². The summed E-state index contributed by atoms with van der Waals surface area (Å²) in [4.78, 5) is 32.2. The Labute approximate surface area is 170 Å². The molecule has 4 aromatic rings. The van der Waals surface area contributed by atoms with Gasteiger partial charge >= 0.3 is 5.69 Å². The van der Waals surface area contributed by atoms with E-state index < -0.39 is 5.82 Å². The van der Waals surface area contributed by atoms with E-state index in [4.69, 9.17) is 4.98 Å². The van der Waals surface area contributed by atoms with Crippen molar-refractivity contribution in [1.29, 1.82) is 0 Å². The van der Waals surface area contributed by atoms with Crippen LogP contribution in [0, 0.1) is 5.82 Å². The number of aromatic amines is 2. The molecule has 0 radical (unpaired) electrons. The van der Waals surface area contributed by atoms with Crippen LogP contribution in [0.5, 0.6) is 0 Å². The minimum absolute atomic E-state index is 0.00989. The Bertz CT molecular complexity index is 1320. The summed E-state index contributed by atoms with van der Waals surface area (Å²) in [5, 5.41) is 6.75. The van der Waals surface area contributed by atoms with Crippen LogP contribution in [0.25, 0.3) is 34.2 Å². The van der Waals surface area contributed by atoms with Crippen LogP contribution in [0.15, 0.2) is 53.3 Å². The molecular weight excluding hydrogens is 385 g/mol. The van der Waals surface area contributed by atoms with Gasteiger partial charge in [-0.1, -0.05) is 30.3 Å². The molecule has 2 aromatic heterocycles. The number of carbonyl (C=O) groups excluding carboxylic acids is 1. The van der Waals surface area contributed by atoms with Crippen molar-refractivity contribution in [3.05, 3.63) is 70.4 Å². The molecule has 150 valence electrons. The number of aromatic nitrogens is 5. The zero-order valence-electron chi connectivity index (χ0n) is 16.1. The first-order valence-corrected chi connectivity index (χ1v) is 9.66. The topological polar surface area (TPSA) is 96.4 Å². The van der Waals surface area contributed by atoms with E-state index in [9.17, 15) is 14.0 Å². The van der Waals surface area contributed by atoms with E-state index in [0.717, 1.165) is 18.4 Å². The van der Waals surface area contributed by atoms with Crippen LogP contribution in [-0.4, -0.2) is 30.5 Å². The van der Waals surface area contributed by atoms with Gasteiger partial charge in [0.25, 0.3) is 0 Å². The minimum Gasteiger partial charge on any atom is -0.335 e. The third-order valence-electron chi connectivity index (χ3n) is 5.21. The number of rotatable bonds is 5. The zero-order chi connectivity index (χ0) is 20.8. The molecule has 0 spiro atoms. The summed E-state index contributed by atoms with van der Waals surface area (Å²) in [6, 6.07) is 13.9. The first-order valence-electron chi connectivity index (χ1n) is 9.66. The van der Waals surface area contributed by atoms with E-state index >= 15 is 0 Å². The van der Waals surface area contributed by atoms with Gasteiger partial charge in [0, 0.05) is 17.2 Å². The fourth-order valence-corrected chi connectivity index (χ4v) is 3.57. The smallest absolute Gasteiger partial charge is 0.335 e. The van der Waals surface area contributed by atoms with Crippen LogP contribution in [0.1, 0.15) is 36.2 Å². The van der Waals surface area contributed by atoms with Gasteiger partial charge < -0.3 is 4.98 Å². The summed E-state index contributed by atoms with van der Waals surface area (Å²) in [5.74, 6) is 0.0821. The average molecular weight is 403 g/mol. The summed E-state index contributed by atoms with van der Waals surface area (Å²) in [6.45, 7) is 1.32. The molecule has 5 rings (SSSR count). The normalized spacial score (nSPS) is 13.5.